The van der Waals surface area contributed by atoms with Crippen LogP contribution in [0.5, 0.6) is 11.5 Å². The van der Waals surface area contributed by atoms with Gasteiger partial charge in [0.25, 0.3) is 0 Å². The lowest BCUT2D eigenvalue weighted by molar-refractivity contribution is 0.111. The van der Waals surface area contributed by atoms with Crippen molar-refractivity contribution in [3.63, 3.8) is 0 Å². The third kappa shape index (κ3) is 3.07. The van der Waals surface area contributed by atoms with E-state index in [0.717, 1.165) is 11.1 Å². The smallest absolute Gasteiger partial charge is 0.157 e. The molecule has 0 N–H and O–H groups in total. The molecule has 0 aliphatic carbocycles. The van der Waals surface area contributed by atoms with Gasteiger partial charge >= 0.3 is 0 Å². The van der Waals surface area contributed by atoms with E-state index in [-0.39, 0.29) is 0 Å². The van der Waals surface area contributed by atoms with Gasteiger partial charge in [-0.05, 0) is 18.6 Å². The van der Waals surface area contributed by atoms with Gasteiger partial charge in [-0.1, -0.05) is 0 Å². The number of nitrogens with zero attached hydrogens (tertiary/aromatic N) is 2. The van der Waals surface area contributed by atoms with Gasteiger partial charge in [0.2, 0.25) is 0 Å². The van der Waals surface area contributed by atoms with E-state index < -0.39 is 0 Å². The van der Waals surface area contributed by atoms with Gasteiger partial charge in [-0.3, -0.25) is 14.8 Å². The highest BCUT2D eigenvalue weighted by atomic mass is 16.5. The van der Waals surface area contributed by atoms with Gasteiger partial charge in [0.05, 0.1) is 19.5 Å². The van der Waals surface area contributed by atoms with Gasteiger partial charge < -0.3 is 9.47 Å². The van der Waals surface area contributed by atoms with Crippen LogP contribution in [0.3, 0.4) is 0 Å². The Hall–Kier alpha value is -2.43. The molecule has 0 amide bonds. The number of carbonyl (C=O) groups is 1. The minimum Gasteiger partial charge on any atom is -0.494 e. The van der Waals surface area contributed by atoms with Crippen LogP contribution in [0.4, 0.5) is 0 Å². The molecule has 5 nitrogen and oxygen atoms in total. The number of aromatic nitrogens is 2. The molecule has 0 saturated carbocycles. The predicted molar refractivity (Wildman–Crippen MR) is 69.5 cm³/mol. The van der Waals surface area contributed by atoms with Crippen LogP contribution in [0, 0.1) is 6.92 Å². The fourth-order valence-electron chi connectivity index (χ4n) is 1.68. The average Bonchev–Trinajstić information content (AvgIpc) is 2.44. The summed E-state index contributed by atoms with van der Waals surface area (Å²) in [6, 6.07) is 1.97. The Kier molecular flexibility index (Phi) is 4.07. The van der Waals surface area contributed by atoms with Crippen LogP contribution in [-0.4, -0.2) is 23.4 Å². The van der Waals surface area contributed by atoms with Crippen LogP contribution in [-0.2, 0) is 6.61 Å². The van der Waals surface area contributed by atoms with Gasteiger partial charge in [0.15, 0.2) is 17.8 Å². The Morgan fingerprint density at radius 3 is 2.58 bits per heavy atom. The molecule has 0 saturated heterocycles. The summed E-state index contributed by atoms with van der Waals surface area (Å²) in [6.45, 7) is 2.28. The van der Waals surface area contributed by atoms with Gasteiger partial charge in [-0.2, -0.15) is 0 Å². The number of carbonyl (C=O) groups excluding carboxylic acids is 1. The van der Waals surface area contributed by atoms with Crippen molar-refractivity contribution >= 4 is 6.29 Å². The topological polar surface area (TPSA) is 61.3 Å². The first-order valence-corrected chi connectivity index (χ1v) is 5.75. The summed E-state index contributed by atoms with van der Waals surface area (Å²) in [7, 11) is 1.48. The van der Waals surface area contributed by atoms with Crippen molar-refractivity contribution in [1.29, 1.82) is 0 Å². The largest absolute Gasteiger partial charge is 0.494 e. The van der Waals surface area contributed by atoms with Crippen molar-refractivity contribution in [2.75, 3.05) is 7.11 Å². The molecule has 0 aromatic carbocycles. The first-order valence-electron chi connectivity index (χ1n) is 5.75. The Morgan fingerprint density at radius 2 is 1.89 bits per heavy atom. The molecule has 2 aromatic heterocycles. The molecule has 2 aromatic rings. The van der Waals surface area contributed by atoms with Crippen molar-refractivity contribution in [1.82, 2.24) is 9.97 Å². The maximum Gasteiger partial charge on any atom is 0.157 e. The highest BCUT2D eigenvalue weighted by Gasteiger charge is 2.10. The van der Waals surface area contributed by atoms with E-state index >= 15 is 0 Å². The Bertz CT molecular complexity index is 585. The molecule has 98 valence electrons. The number of aldehydes is 1. The number of ether oxygens (including phenoxy) is 2. The van der Waals surface area contributed by atoms with Crippen molar-refractivity contribution in [3.8, 4) is 11.5 Å². The van der Waals surface area contributed by atoms with Crippen LogP contribution in [0.25, 0.3) is 0 Å². The predicted octanol–water partition coefficient (Wildman–Crippen LogP) is 2.19. The van der Waals surface area contributed by atoms with Crippen LogP contribution in [0.2, 0.25) is 0 Å². The fourth-order valence-corrected chi connectivity index (χ4v) is 1.68. The van der Waals surface area contributed by atoms with Gasteiger partial charge in [-0.25, -0.2) is 0 Å². The second-order valence-corrected chi connectivity index (χ2v) is 4.03. The minimum absolute atomic E-state index is 0.324. The molecule has 0 fully saturated rings. The Labute approximate surface area is 111 Å². The van der Waals surface area contributed by atoms with E-state index in [1.165, 1.54) is 19.5 Å². The molecule has 0 bridgehead atoms. The number of hydrogen-bond donors (Lipinski definition) is 0. The molecule has 0 aliphatic rings. The lowest BCUT2D eigenvalue weighted by atomic mass is 10.2. The number of aryl methyl sites for hydroxylation is 1. The first-order chi connectivity index (χ1) is 9.24. The molecule has 0 aliphatic heterocycles. The summed E-state index contributed by atoms with van der Waals surface area (Å²) >= 11 is 0. The van der Waals surface area contributed by atoms with E-state index in [2.05, 4.69) is 9.97 Å². The number of hydrogen-bond acceptors (Lipinski definition) is 5. The Balaban J connectivity index is 2.17. The molecule has 2 heterocycles. The van der Waals surface area contributed by atoms with E-state index in [9.17, 15) is 4.79 Å². The van der Waals surface area contributed by atoms with E-state index in [0.29, 0.717) is 30.0 Å². The molecular formula is C14H14N2O3. The molecule has 0 spiro atoms. The minimum atomic E-state index is 0.324. The zero-order valence-corrected chi connectivity index (χ0v) is 10.8. The summed E-state index contributed by atoms with van der Waals surface area (Å²) < 4.78 is 10.7. The summed E-state index contributed by atoms with van der Waals surface area (Å²) in [5.74, 6) is 0.797. The van der Waals surface area contributed by atoms with E-state index in [1.54, 1.807) is 12.4 Å². The van der Waals surface area contributed by atoms with Crippen LogP contribution < -0.4 is 9.47 Å². The summed E-state index contributed by atoms with van der Waals surface area (Å²) in [5.41, 5.74) is 2.35. The van der Waals surface area contributed by atoms with Crippen LogP contribution in [0.1, 0.15) is 21.5 Å². The van der Waals surface area contributed by atoms with Gasteiger partial charge in [0, 0.05) is 18.0 Å². The van der Waals surface area contributed by atoms with Crippen LogP contribution in [0.15, 0.2) is 30.9 Å². The molecule has 0 atom stereocenters. The maximum absolute atomic E-state index is 11.1. The molecule has 0 unspecified atom stereocenters. The summed E-state index contributed by atoms with van der Waals surface area (Å²) in [6.07, 6.45) is 7.17. The van der Waals surface area contributed by atoms with Crippen molar-refractivity contribution < 1.29 is 14.3 Å². The Morgan fingerprint density at radius 1 is 1.16 bits per heavy atom. The van der Waals surface area contributed by atoms with E-state index in [1.807, 2.05) is 13.0 Å². The lowest BCUT2D eigenvalue weighted by Gasteiger charge is -2.10. The lowest BCUT2D eigenvalue weighted by Crippen LogP contribution is -2.01. The maximum atomic E-state index is 11.1. The van der Waals surface area contributed by atoms with Gasteiger partial charge in [-0.15, -0.1) is 0 Å². The second-order valence-electron chi connectivity index (χ2n) is 4.03. The van der Waals surface area contributed by atoms with E-state index in [4.69, 9.17) is 9.47 Å². The number of methoxy groups -OCH3 is 1. The molecule has 0 radical (unpaired) electrons. The molecule has 5 heteroatoms. The zero-order chi connectivity index (χ0) is 13.7. The van der Waals surface area contributed by atoms with Crippen molar-refractivity contribution in [2.45, 2.75) is 13.5 Å². The fraction of sp³-hybridized carbons (Fsp3) is 0.214. The first kappa shape index (κ1) is 13.0. The second kappa shape index (κ2) is 5.95. The number of pyridine rings is 2. The summed E-state index contributed by atoms with van der Waals surface area (Å²) in [5, 5.41) is 0. The summed E-state index contributed by atoms with van der Waals surface area (Å²) in [4.78, 5) is 19.1. The SMILES string of the molecule is COc1cncc(OCc2cncc(C)c2)c1C=O. The molecule has 2 rings (SSSR count). The molecule has 19 heavy (non-hydrogen) atoms. The highest BCUT2D eigenvalue weighted by Crippen LogP contribution is 2.25. The van der Waals surface area contributed by atoms with Crippen molar-refractivity contribution in [2.24, 2.45) is 0 Å². The quantitative estimate of drug-likeness (QED) is 0.769. The standard InChI is InChI=1S/C14H14N2O3/c1-10-3-11(5-15-4-10)9-19-14-7-16-6-13(18-2)12(14)8-17/h3-8H,9H2,1-2H3. The highest BCUT2D eigenvalue weighted by molar-refractivity contribution is 5.83. The van der Waals surface area contributed by atoms with Crippen LogP contribution >= 0.6 is 0 Å². The normalized spacial score (nSPS) is 10.0. The van der Waals surface area contributed by atoms with Crippen molar-refractivity contribution in [3.05, 3.63) is 47.5 Å². The molecular weight excluding hydrogens is 244 g/mol. The number of rotatable bonds is 5. The zero-order valence-electron chi connectivity index (χ0n) is 10.8. The third-order valence-electron chi connectivity index (χ3n) is 2.58. The van der Waals surface area contributed by atoms with Gasteiger partial charge in [0.1, 0.15) is 12.2 Å². The average molecular weight is 258 g/mol. The third-order valence-corrected chi connectivity index (χ3v) is 2.58. The monoisotopic (exact) mass is 258 g/mol.